The highest BCUT2D eigenvalue weighted by molar-refractivity contribution is 7.13. The topological polar surface area (TPSA) is 90.1 Å². The Morgan fingerprint density at radius 1 is 1.27 bits per heavy atom. The number of thiazole rings is 1. The molecule has 1 amide bonds. The molecule has 6 nitrogen and oxygen atoms in total. The van der Waals surface area contributed by atoms with Crippen molar-refractivity contribution >= 4 is 22.9 Å². The van der Waals surface area contributed by atoms with Gasteiger partial charge in [-0.1, -0.05) is 6.07 Å². The van der Waals surface area contributed by atoms with Gasteiger partial charge in [-0.3, -0.25) is 9.78 Å². The molecule has 3 atom stereocenters. The number of nitrogens with one attached hydrogen (secondary N) is 1. The Balaban J connectivity index is 1.57. The lowest BCUT2D eigenvalue weighted by molar-refractivity contribution is -0.0483. The van der Waals surface area contributed by atoms with Crippen molar-refractivity contribution in [1.82, 2.24) is 9.97 Å². The maximum absolute atomic E-state index is 14.0. The summed E-state index contributed by atoms with van der Waals surface area (Å²) in [5.74, 6) is -1.96. The molecule has 3 N–H and O–H groups in total. The van der Waals surface area contributed by atoms with E-state index in [1.165, 1.54) is 17.6 Å². The number of rotatable bonds is 4. The Bertz CT molecular complexity index is 1040. The first-order valence-electron chi connectivity index (χ1n) is 9.48. The van der Waals surface area contributed by atoms with E-state index < -0.39 is 17.5 Å². The lowest BCUT2D eigenvalue weighted by Gasteiger charge is -2.33. The minimum Gasteiger partial charge on any atom is -0.370 e. The zero-order valence-corrected chi connectivity index (χ0v) is 17.0. The second kappa shape index (κ2) is 8.55. The second-order valence-corrected chi connectivity index (χ2v) is 8.08. The van der Waals surface area contributed by atoms with E-state index in [1.54, 1.807) is 12.3 Å². The van der Waals surface area contributed by atoms with E-state index in [1.807, 2.05) is 6.92 Å². The molecular formula is C21H20F2N4O2S. The van der Waals surface area contributed by atoms with Crippen molar-refractivity contribution in [3.63, 3.8) is 0 Å². The summed E-state index contributed by atoms with van der Waals surface area (Å²) in [6.07, 6.45) is 4.31. The van der Waals surface area contributed by atoms with Gasteiger partial charge in [0.2, 0.25) is 0 Å². The van der Waals surface area contributed by atoms with Crippen LogP contribution in [0.5, 0.6) is 0 Å². The molecule has 4 rings (SSSR count). The number of halogens is 2. The number of nitrogens with two attached hydrogens (primary N) is 1. The summed E-state index contributed by atoms with van der Waals surface area (Å²) in [5.41, 5.74) is 7.19. The fourth-order valence-corrected chi connectivity index (χ4v) is 4.41. The number of hydrogen-bond acceptors (Lipinski definition) is 6. The summed E-state index contributed by atoms with van der Waals surface area (Å²) in [4.78, 5) is 20.9. The molecule has 156 valence electrons. The first kappa shape index (κ1) is 20.5. The van der Waals surface area contributed by atoms with Crippen LogP contribution in [0.4, 0.5) is 14.5 Å². The smallest absolute Gasteiger partial charge is 0.275 e. The summed E-state index contributed by atoms with van der Waals surface area (Å²) in [6.45, 7) is 1.96. The summed E-state index contributed by atoms with van der Waals surface area (Å²) in [6, 6.07) is 5.37. The van der Waals surface area contributed by atoms with Crippen LogP contribution in [0.1, 0.15) is 41.9 Å². The van der Waals surface area contributed by atoms with Crippen LogP contribution in [0.3, 0.4) is 0 Å². The van der Waals surface area contributed by atoms with Gasteiger partial charge in [-0.15, -0.1) is 11.3 Å². The minimum atomic E-state index is -0.731. The zero-order valence-electron chi connectivity index (χ0n) is 16.1. The fraction of sp³-hybridized carbons (Fsp3) is 0.286. The van der Waals surface area contributed by atoms with Gasteiger partial charge in [0.25, 0.3) is 5.91 Å². The van der Waals surface area contributed by atoms with Crippen molar-refractivity contribution in [2.45, 2.75) is 38.0 Å². The van der Waals surface area contributed by atoms with Crippen molar-refractivity contribution in [2.75, 3.05) is 5.32 Å². The van der Waals surface area contributed by atoms with E-state index in [4.69, 9.17) is 10.5 Å². The predicted molar refractivity (Wildman–Crippen MR) is 110 cm³/mol. The molecule has 1 fully saturated rings. The number of anilines is 1. The quantitative estimate of drug-likeness (QED) is 0.644. The van der Waals surface area contributed by atoms with Gasteiger partial charge in [-0.05, 0) is 38.0 Å². The summed E-state index contributed by atoms with van der Waals surface area (Å²) < 4.78 is 34.0. The summed E-state index contributed by atoms with van der Waals surface area (Å²) >= 11 is 0.994. The molecule has 1 aliphatic rings. The van der Waals surface area contributed by atoms with Crippen molar-refractivity contribution in [2.24, 2.45) is 5.73 Å². The Morgan fingerprint density at radius 2 is 2.03 bits per heavy atom. The maximum Gasteiger partial charge on any atom is 0.275 e. The zero-order chi connectivity index (χ0) is 21.3. The maximum atomic E-state index is 14.0. The molecule has 1 aliphatic heterocycles. The van der Waals surface area contributed by atoms with Crippen LogP contribution < -0.4 is 11.1 Å². The number of aromatic nitrogens is 2. The van der Waals surface area contributed by atoms with Crippen LogP contribution in [-0.2, 0) is 4.74 Å². The predicted octanol–water partition coefficient (Wildman–Crippen LogP) is 4.30. The van der Waals surface area contributed by atoms with Crippen molar-refractivity contribution in [3.8, 4) is 10.6 Å². The first-order valence-corrected chi connectivity index (χ1v) is 10.4. The normalized spacial score (nSPS) is 21.4. The van der Waals surface area contributed by atoms with Crippen LogP contribution in [0.25, 0.3) is 10.6 Å². The Kier molecular flexibility index (Phi) is 5.85. The van der Waals surface area contributed by atoms with E-state index >= 15 is 0 Å². The molecule has 1 saturated heterocycles. The fourth-order valence-electron chi connectivity index (χ4n) is 3.56. The SMILES string of the molecule is CC1CC(N)CC(c2ccncc2NC(=O)c2csc(-c3c(F)cccc3F)n2)O1. The number of pyridine rings is 1. The highest BCUT2D eigenvalue weighted by Gasteiger charge is 2.28. The van der Waals surface area contributed by atoms with Crippen molar-refractivity contribution in [3.05, 3.63) is 64.9 Å². The molecule has 3 aromatic rings. The third-order valence-electron chi connectivity index (χ3n) is 4.91. The largest absolute Gasteiger partial charge is 0.370 e. The van der Waals surface area contributed by atoms with Gasteiger partial charge in [0.1, 0.15) is 22.3 Å². The lowest BCUT2D eigenvalue weighted by Crippen LogP contribution is -2.35. The van der Waals surface area contributed by atoms with Crippen LogP contribution >= 0.6 is 11.3 Å². The molecule has 9 heteroatoms. The Morgan fingerprint density at radius 3 is 2.77 bits per heavy atom. The summed E-state index contributed by atoms with van der Waals surface area (Å²) in [7, 11) is 0. The Labute approximate surface area is 176 Å². The number of nitrogens with zero attached hydrogens (tertiary/aromatic N) is 2. The van der Waals surface area contributed by atoms with Gasteiger partial charge in [-0.25, -0.2) is 13.8 Å². The number of benzene rings is 1. The molecule has 30 heavy (non-hydrogen) atoms. The molecule has 0 bridgehead atoms. The monoisotopic (exact) mass is 430 g/mol. The average molecular weight is 430 g/mol. The number of carbonyl (C=O) groups is 1. The molecule has 1 aromatic carbocycles. The standard InChI is InChI=1S/C21H20F2N4O2S/c1-11-7-12(24)8-18(29-11)13-5-6-25-9-16(13)26-20(28)17-10-30-21(27-17)19-14(22)3-2-4-15(19)23/h2-6,9-12,18H,7-8,24H2,1H3,(H,26,28). The number of ether oxygens (including phenoxy) is 1. The number of hydrogen-bond donors (Lipinski definition) is 2. The molecule has 0 aliphatic carbocycles. The lowest BCUT2D eigenvalue weighted by atomic mass is 9.95. The van der Waals surface area contributed by atoms with Gasteiger partial charge < -0.3 is 15.8 Å². The van der Waals surface area contributed by atoms with Gasteiger partial charge in [0.15, 0.2) is 0 Å². The molecule has 0 spiro atoms. The number of carbonyl (C=O) groups excluding carboxylic acids is 1. The van der Waals surface area contributed by atoms with Crippen molar-refractivity contribution in [1.29, 1.82) is 0 Å². The van der Waals surface area contributed by atoms with Crippen LogP contribution in [-0.4, -0.2) is 28.0 Å². The minimum absolute atomic E-state index is 0.00670. The van der Waals surface area contributed by atoms with E-state index in [2.05, 4.69) is 15.3 Å². The molecule has 3 heterocycles. The first-order chi connectivity index (χ1) is 14.4. The average Bonchev–Trinajstić information content (AvgIpc) is 3.17. The highest BCUT2D eigenvalue weighted by Crippen LogP contribution is 2.35. The number of amides is 1. The van der Waals surface area contributed by atoms with Gasteiger partial charge in [0, 0.05) is 23.2 Å². The van der Waals surface area contributed by atoms with E-state index in [0.29, 0.717) is 12.1 Å². The van der Waals surface area contributed by atoms with Gasteiger partial charge in [0.05, 0.1) is 29.7 Å². The molecule has 0 radical (unpaired) electrons. The third kappa shape index (κ3) is 4.23. The third-order valence-corrected chi connectivity index (χ3v) is 5.77. The van der Waals surface area contributed by atoms with E-state index in [9.17, 15) is 13.6 Å². The van der Waals surface area contributed by atoms with E-state index in [0.717, 1.165) is 35.5 Å². The molecule has 0 saturated carbocycles. The highest BCUT2D eigenvalue weighted by atomic mass is 32.1. The molecular weight excluding hydrogens is 410 g/mol. The van der Waals surface area contributed by atoms with E-state index in [-0.39, 0.29) is 34.5 Å². The van der Waals surface area contributed by atoms with Gasteiger partial charge >= 0.3 is 0 Å². The van der Waals surface area contributed by atoms with Crippen molar-refractivity contribution < 1.29 is 18.3 Å². The van der Waals surface area contributed by atoms with Gasteiger partial charge in [-0.2, -0.15) is 0 Å². The summed E-state index contributed by atoms with van der Waals surface area (Å²) in [5, 5.41) is 4.34. The van der Waals surface area contributed by atoms with Crippen LogP contribution in [0.15, 0.2) is 42.0 Å². The molecule has 2 aromatic heterocycles. The second-order valence-electron chi connectivity index (χ2n) is 7.22. The Hall–Kier alpha value is -2.75. The van der Waals surface area contributed by atoms with Crippen LogP contribution in [0, 0.1) is 11.6 Å². The van der Waals surface area contributed by atoms with Crippen LogP contribution in [0.2, 0.25) is 0 Å². The molecule has 3 unspecified atom stereocenters.